The zero-order valence-corrected chi connectivity index (χ0v) is 11.5. The van der Waals surface area contributed by atoms with Crippen molar-refractivity contribution >= 4 is 16.6 Å². The van der Waals surface area contributed by atoms with Gasteiger partial charge in [-0.3, -0.25) is 4.98 Å². The van der Waals surface area contributed by atoms with Gasteiger partial charge in [0, 0.05) is 29.9 Å². The summed E-state index contributed by atoms with van der Waals surface area (Å²) in [6.07, 6.45) is 1.65. The molecular weight excluding hydrogens is 262 g/mol. The van der Waals surface area contributed by atoms with Gasteiger partial charge in [0.15, 0.2) is 5.82 Å². The van der Waals surface area contributed by atoms with E-state index >= 15 is 0 Å². The minimum absolute atomic E-state index is 0.140. The van der Waals surface area contributed by atoms with Gasteiger partial charge in [0.1, 0.15) is 11.3 Å². The number of hydrogen-bond acceptors (Lipinski definition) is 3. The second-order valence-corrected chi connectivity index (χ2v) is 5.17. The minimum Gasteiger partial charge on any atom is -0.393 e. The van der Waals surface area contributed by atoms with E-state index in [-0.39, 0.29) is 11.4 Å². The van der Waals surface area contributed by atoms with E-state index < -0.39 is 17.7 Å². The maximum atomic E-state index is 13.6. The number of aliphatic hydroxyl groups is 1. The van der Waals surface area contributed by atoms with Crippen LogP contribution in [0.2, 0.25) is 0 Å². The van der Waals surface area contributed by atoms with Crippen molar-refractivity contribution in [3.8, 4) is 0 Å². The monoisotopic (exact) mass is 280 g/mol. The van der Waals surface area contributed by atoms with Gasteiger partial charge >= 0.3 is 0 Å². The molecule has 0 spiro atoms. The molecule has 20 heavy (non-hydrogen) atoms. The third-order valence-corrected chi connectivity index (χ3v) is 3.29. The third-order valence-electron chi connectivity index (χ3n) is 3.29. The molecule has 0 aliphatic heterocycles. The van der Waals surface area contributed by atoms with E-state index in [1.165, 1.54) is 12.3 Å². The molecule has 0 bridgehead atoms. The lowest BCUT2D eigenvalue weighted by molar-refractivity contribution is 0.120. The van der Waals surface area contributed by atoms with E-state index in [0.717, 1.165) is 6.07 Å². The Balaban J connectivity index is 2.18. The first-order valence-corrected chi connectivity index (χ1v) is 6.64. The Hall–Kier alpha value is -1.75. The summed E-state index contributed by atoms with van der Waals surface area (Å²) >= 11 is 0. The number of benzene rings is 1. The molecule has 108 valence electrons. The molecule has 0 saturated carbocycles. The van der Waals surface area contributed by atoms with Crippen LogP contribution < -0.4 is 5.32 Å². The fourth-order valence-corrected chi connectivity index (χ4v) is 2.02. The average Bonchev–Trinajstić information content (AvgIpc) is 2.39. The summed E-state index contributed by atoms with van der Waals surface area (Å²) in [5.41, 5.74) is 0.755. The van der Waals surface area contributed by atoms with Gasteiger partial charge in [0.2, 0.25) is 0 Å². The molecule has 0 fully saturated rings. The molecule has 1 aromatic heterocycles. The lowest BCUT2D eigenvalue weighted by Crippen LogP contribution is -2.19. The standard InChI is InChI=1S/C15H18F2N2O/c1-9(2)14(20)4-6-18-13-3-5-19-15-11(13)7-10(16)8-12(15)17/h3,5,7-9,14,20H,4,6H2,1-2H3,(H,18,19). The molecule has 0 aliphatic rings. The summed E-state index contributed by atoms with van der Waals surface area (Å²) < 4.78 is 26.9. The van der Waals surface area contributed by atoms with Crippen LogP contribution >= 0.6 is 0 Å². The van der Waals surface area contributed by atoms with Crippen molar-refractivity contribution in [1.29, 1.82) is 0 Å². The van der Waals surface area contributed by atoms with Gasteiger partial charge in [-0.2, -0.15) is 0 Å². The Morgan fingerprint density at radius 1 is 1.30 bits per heavy atom. The van der Waals surface area contributed by atoms with E-state index in [2.05, 4.69) is 10.3 Å². The Labute approximate surface area is 116 Å². The summed E-state index contributed by atoms with van der Waals surface area (Å²) in [6, 6.07) is 3.75. The predicted octanol–water partition coefficient (Wildman–Crippen LogP) is 3.33. The molecule has 3 nitrogen and oxygen atoms in total. The Morgan fingerprint density at radius 3 is 2.75 bits per heavy atom. The molecule has 2 rings (SSSR count). The fraction of sp³-hybridized carbons (Fsp3) is 0.400. The summed E-state index contributed by atoms with van der Waals surface area (Å²) in [7, 11) is 0. The number of nitrogens with one attached hydrogen (secondary N) is 1. The molecule has 1 aromatic carbocycles. The number of nitrogens with zero attached hydrogens (tertiary/aromatic N) is 1. The molecule has 1 heterocycles. The summed E-state index contributed by atoms with van der Waals surface area (Å²) in [5, 5.41) is 13.2. The van der Waals surface area contributed by atoms with E-state index in [9.17, 15) is 13.9 Å². The predicted molar refractivity (Wildman–Crippen MR) is 75.6 cm³/mol. The number of hydrogen-bond donors (Lipinski definition) is 2. The summed E-state index contributed by atoms with van der Waals surface area (Å²) in [6.45, 7) is 4.41. The first-order valence-electron chi connectivity index (χ1n) is 6.64. The first kappa shape index (κ1) is 14.7. The summed E-state index contributed by atoms with van der Waals surface area (Å²) in [5.74, 6) is -1.12. The second kappa shape index (κ2) is 6.13. The van der Waals surface area contributed by atoms with Crippen LogP contribution in [0.1, 0.15) is 20.3 Å². The van der Waals surface area contributed by atoms with Gasteiger partial charge in [0.25, 0.3) is 0 Å². The first-order chi connectivity index (χ1) is 9.49. The maximum Gasteiger partial charge on any atom is 0.152 e. The molecule has 2 N–H and O–H groups in total. The highest BCUT2D eigenvalue weighted by Gasteiger charge is 2.11. The number of rotatable bonds is 5. The lowest BCUT2D eigenvalue weighted by Gasteiger charge is -2.15. The van der Waals surface area contributed by atoms with Crippen LogP contribution in [-0.4, -0.2) is 22.7 Å². The van der Waals surface area contributed by atoms with Gasteiger partial charge in [0.05, 0.1) is 6.10 Å². The highest BCUT2D eigenvalue weighted by atomic mass is 19.1. The number of pyridine rings is 1. The zero-order chi connectivity index (χ0) is 14.7. The molecule has 1 atom stereocenters. The van der Waals surface area contributed by atoms with Crippen molar-refractivity contribution in [3.05, 3.63) is 36.0 Å². The zero-order valence-electron chi connectivity index (χ0n) is 11.5. The molecule has 5 heteroatoms. The van der Waals surface area contributed by atoms with Crippen molar-refractivity contribution in [2.45, 2.75) is 26.4 Å². The number of aliphatic hydroxyl groups excluding tert-OH is 1. The number of fused-ring (bicyclic) bond motifs is 1. The van der Waals surface area contributed by atoms with Gasteiger partial charge in [-0.05, 0) is 24.5 Å². The van der Waals surface area contributed by atoms with Crippen LogP contribution in [0, 0.1) is 17.6 Å². The molecule has 0 aliphatic carbocycles. The molecule has 0 radical (unpaired) electrons. The largest absolute Gasteiger partial charge is 0.393 e. The van der Waals surface area contributed by atoms with Crippen LogP contribution in [0.15, 0.2) is 24.4 Å². The van der Waals surface area contributed by atoms with Crippen molar-refractivity contribution in [2.24, 2.45) is 5.92 Å². The minimum atomic E-state index is -0.675. The molecule has 0 amide bonds. The number of aromatic nitrogens is 1. The average molecular weight is 280 g/mol. The highest BCUT2D eigenvalue weighted by molar-refractivity contribution is 5.91. The van der Waals surface area contributed by atoms with Gasteiger partial charge in [-0.15, -0.1) is 0 Å². The second-order valence-electron chi connectivity index (χ2n) is 5.17. The van der Waals surface area contributed by atoms with Crippen LogP contribution in [0.5, 0.6) is 0 Å². The fourth-order valence-electron chi connectivity index (χ4n) is 2.02. The third kappa shape index (κ3) is 3.22. The van der Waals surface area contributed by atoms with E-state index in [1.54, 1.807) is 6.07 Å². The SMILES string of the molecule is CC(C)C(O)CCNc1ccnc2c(F)cc(F)cc12. The smallest absolute Gasteiger partial charge is 0.152 e. The lowest BCUT2D eigenvalue weighted by atomic mass is 10.0. The Kier molecular flexibility index (Phi) is 4.49. The maximum absolute atomic E-state index is 13.6. The van der Waals surface area contributed by atoms with Crippen LogP contribution in [0.25, 0.3) is 10.9 Å². The molecular formula is C15H18F2N2O. The molecule has 1 unspecified atom stereocenters. The van der Waals surface area contributed by atoms with Crippen molar-refractivity contribution < 1.29 is 13.9 Å². The number of halogens is 2. The quantitative estimate of drug-likeness (QED) is 0.883. The van der Waals surface area contributed by atoms with E-state index in [1.807, 2.05) is 13.8 Å². The van der Waals surface area contributed by atoms with E-state index in [4.69, 9.17) is 0 Å². The van der Waals surface area contributed by atoms with Crippen LogP contribution in [0.4, 0.5) is 14.5 Å². The van der Waals surface area contributed by atoms with Crippen molar-refractivity contribution in [3.63, 3.8) is 0 Å². The van der Waals surface area contributed by atoms with Gasteiger partial charge in [-0.1, -0.05) is 13.8 Å². The topological polar surface area (TPSA) is 45.1 Å². The van der Waals surface area contributed by atoms with Crippen LogP contribution in [0.3, 0.4) is 0 Å². The van der Waals surface area contributed by atoms with Crippen LogP contribution in [-0.2, 0) is 0 Å². The number of anilines is 1. The van der Waals surface area contributed by atoms with Gasteiger partial charge in [-0.25, -0.2) is 8.78 Å². The van der Waals surface area contributed by atoms with Gasteiger partial charge < -0.3 is 10.4 Å². The van der Waals surface area contributed by atoms with Crippen molar-refractivity contribution in [2.75, 3.05) is 11.9 Å². The Bertz CT molecular complexity index is 602. The summed E-state index contributed by atoms with van der Waals surface area (Å²) in [4.78, 5) is 3.92. The molecule has 2 aromatic rings. The normalized spacial score (nSPS) is 12.9. The highest BCUT2D eigenvalue weighted by Crippen LogP contribution is 2.25. The Morgan fingerprint density at radius 2 is 2.05 bits per heavy atom. The van der Waals surface area contributed by atoms with Crippen molar-refractivity contribution in [1.82, 2.24) is 4.98 Å². The molecule has 0 saturated heterocycles. The van der Waals surface area contributed by atoms with E-state index in [0.29, 0.717) is 24.0 Å².